The highest BCUT2D eigenvalue weighted by atomic mass is 127. The van der Waals surface area contributed by atoms with Gasteiger partial charge in [-0.05, 0) is 39.8 Å². The highest BCUT2D eigenvalue weighted by Gasteiger charge is 2.28. The maximum Gasteiger partial charge on any atom is 0.0209 e. The van der Waals surface area contributed by atoms with Gasteiger partial charge in [-0.15, -0.1) is 0 Å². The molecule has 4 heteroatoms. The summed E-state index contributed by atoms with van der Waals surface area (Å²) in [6.45, 7) is 15.9. The van der Waals surface area contributed by atoms with E-state index in [0.29, 0.717) is 0 Å². The number of hydrogen-bond acceptors (Lipinski definition) is 3. The second-order valence-electron chi connectivity index (χ2n) is 6.48. The van der Waals surface area contributed by atoms with Crippen molar-refractivity contribution in [2.24, 2.45) is 0 Å². The molecule has 0 aliphatic carbocycles. The Morgan fingerprint density at radius 1 is 0.947 bits per heavy atom. The third kappa shape index (κ3) is 4.83. The maximum atomic E-state index is 2.76. The molecule has 2 aliphatic rings. The summed E-state index contributed by atoms with van der Waals surface area (Å²) in [5.74, 6) is 0. The molecule has 1 atom stereocenters. The van der Waals surface area contributed by atoms with Gasteiger partial charge in [0.15, 0.2) is 0 Å². The molecule has 0 aromatic heterocycles. The lowest BCUT2D eigenvalue weighted by Crippen LogP contribution is -2.54. The molecule has 2 rings (SSSR count). The quantitative estimate of drug-likeness (QED) is 0.548. The molecule has 0 aromatic carbocycles. The number of likely N-dealkylation sites (tertiary alicyclic amines) is 1. The van der Waals surface area contributed by atoms with Gasteiger partial charge in [0.05, 0.1) is 0 Å². The van der Waals surface area contributed by atoms with E-state index in [1.807, 2.05) is 0 Å². The first-order chi connectivity index (χ1) is 9.06. The van der Waals surface area contributed by atoms with Crippen molar-refractivity contribution in [2.45, 2.75) is 49.6 Å². The second kappa shape index (κ2) is 7.57. The molecule has 1 unspecified atom stereocenters. The Morgan fingerprint density at radius 2 is 1.53 bits per heavy atom. The Labute approximate surface area is 132 Å². The first kappa shape index (κ1) is 16.0. The van der Waals surface area contributed by atoms with E-state index in [4.69, 9.17) is 0 Å². The topological polar surface area (TPSA) is 9.72 Å². The summed E-state index contributed by atoms with van der Waals surface area (Å²) in [5, 5.41) is 0. The molecule has 3 nitrogen and oxygen atoms in total. The molecule has 2 heterocycles. The Morgan fingerprint density at radius 3 is 2.00 bits per heavy atom. The zero-order chi connectivity index (χ0) is 13.8. The van der Waals surface area contributed by atoms with E-state index < -0.39 is 0 Å². The van der Waals surface area contributed by atoms with Crippen molar-refractivity contribution in [1.29, 1.82) is 0 Å². The summed E-state index contributed by atoms with van der Waals surface area (Å²) in [6, 6.07) is 1.58. The molecule has 0 N–H and O–H groups in total. The van der Waals surface area contributed by atoms with Crippen LogP contribution >= 0.6 is 22.6 Å². The maximum absolute atomic E-state index is 2.76. The number of nitrogens with zero attached hydrogens (tertiary/aromatic N) is 3. The molecule has 0 amide bonds. The third-order valence-corrected chi connectivity index (χ3v) is 5.06. The van der Waals surface area contributed by atoms with E-state index in [9.17, 15) is 0 Å². The molecule has 0 radical (unpaired) electrons. The van der Waals surface area contributed by atoms with Gasteiger partial charge in [0.25, 0.3) is 0 Å². The van der Waals surface area contributed by atoms with Crippen LogP contribution in [0, 0.1) is 0 Å². The van der Waals surface area contributed by atoms with E-state index in [2.05, 4.69) is 58.1 Å². The minimum Gasteiger partial charge on any atom is -0.301 e. The fourth-order valence-corrected chi connectivity index (χ4v) is 3.99. The van der Waals surface area contributed by atoms with Gasteiger partial charge in [0.1, 0.15) is 0 Å². The number of hydrogen-bond donors (Lipinski definition) is 0. The van der Waals surface area contributed by atoms with Crippen LogP contribution < -0.4 is 0 Å². The minimum absolute atomic E-state index is 0.725. The number of halogens is 1. The van der Waals surface area contributed by atoms with Gasteiger partial charge in [-0.25, -0.2) is 0 Å². The molecule has 0 spiro atoms. The van der Waals surface area contributed by atoms with Gasteiger partial charge in [-0.1, -0.05) is 29.5 Å². The molecule has 0 saturated carbocycles. The lowest BCUT2D eigenvalue weighted by atomic mass is 10.0. The van der Waals surface area contributed by atoms with Crippen LogP contribution in [0.15, 0.2) is 0 Å². The minimum atomic E-state index is 0.725. The van der Waals surface area contributed by atoms with E-state index in [0.717, 1.165) is 16.0 Å². The highest BCUT2D eigenvalue weighted by Crippen LogP contribution is 2.20. The van der Waals surface area contributed by atoms with Gasteiger partial charge in [0, 0.05) is 48.7 Å². The molecule has 0 aromatic rings. The second-order valence-corrected chi connectivity index (χ2v) is 8.60. The van der Waals surface area contributed by atoms with Crippen LogP contribution in [-0.2, 0) is 0 Å². The fourth-order valence-electron chi connectivity index (χ4n) is 3.43. The Kier molecular flexibility index (Phi) is 6.37. The van der Waals surface area contributed by atoms with Crippen LogP contribution in [0.5, 0.6) is 0 Å². The van der Waals surface area contributed by atoms with Crippen molar-refractivity contribution in [3.63, 3.8) is 0 Å². The lowest BCUT2D eigenvalue weighted by molar-refractivity contribution is 0.0527. The van der Waals surface area contributed by atoms with E-state index in [-0.39, 0.29) is 0 Å². The smallest absolute Gasteiger partial charge is 0.0209 e. The van der Waals surface area contributed by atoms with Gasteiger partial charge in [0.2, 0.25) is 0 Å². The average molecular weight is 379 g/mol. The zero-order valence-corrected chi connectivity index (χ0v) is 15.0. The van der Waals surface area contributed by atoms with Crippen LogP contribution in [0.3, 0.4) is 0 Å². The molecule has 0 bridgehead atoms. The third-order valence-electron chi connectivity index (χ3n) is 4.66. The largest absolute Gasteiger partial charge is 0.301 e. The number of alkyl halides is 1. The predicted octanol–water partition coefficient (Wildman–Crippen LogP) is 2.30. The summed E-state index contributed by atoms with van der Waals surface area (Å²) < 4.78 is 0.776. The standard InChI is InChI=1S/C15H30IN3/c1-13(2)18-6-4-15(5-7-18)19-10-8-17(9-11-19)12-14(3)16/h13-15H,4-12H2,1-3H3. The summed E-state index contributed by atoms with van der Waals surface area (Å²) in [6.07, 6.45) is 2.75. The molecule has 2 saturated heterocycles. The average Bonchev–Trinajstić information content (AvgIpc) is 2.39. The monoisotopic (exact) mass is 379 g/mol. The molecule has 19 heavy (non-hydrogen) atoms. The number of piperazine rings is 1. The highest BCUT2D eigenvalue weighted by molar-refractivity contribution is 14.1. The Bertz CT molecular complexity index is 254. The van der Waals surface area contributed by atoms with Crippen molar-refractivity contribution >= 4 is 22.6 Å². The summed E-state index contributed by atoms with van der Waals surface area (Å²) in [7, 11) is 0. The molecule has 112 valence electrons. The first-order valence-electron chi connectivity index (χ1n) is 7.91. The summed E-state index contributed by atoms with van der Waals surface area (Å²) in [5.41, 5.74) is 0. The van der Waals surface area contributed by atoms with Gasteiger partial charge in [-0.2, -0.15) is 0 Å². The molecule has 2 fully saturated rings. The van der Waals surface area contributed by atoms with Crippen LogP contribution in [0.1, 0.15) is 33.6 Å². The van der Waals surface area contributed by atoms with Crippen molar-refractivity contribution in [1.82, 2.24) is 14.7 Å². The van der Waals surface area contributed by atoms with Crippen LogP contribution in [0.25, 0.3) is 0 Å². The van der Waals surface area contributed by atoms with E-state index in [1.54, 1.807) is 0 Å². The van der Waals surface area contributed by atoms with Crippen molar-refractivity contribution in [3.8, 4) is 0 Å². The summed E-state index contributed by atoms with van der Waals surface area (Å²) in [4.78, 5) is 8.02. The van der Waals surface area contributed by atoms with Gasteiger partial charge < -0.3 is 4.90 Å². The Balaban J connectivity index is 1.71. The van der Waals surface area contributed by atoms with E-state index in [1.165, 1.54) is 58.7 Å². The lowest BCUT2D eigenvalue weighted by Gasteiger charge is -2.43. The number of rotatable bonds is 4. The van der Waals surface area contributed by atoms with Gasteiger partial charge >= 0.3 is 0 Å². The van der Waals surface area contributed by atoms with Crippen molar-refractivity contribution in [3.05, 3.63) is 0 Å². The van der Waals surface area contributed by atoms with Crippen molar-refractivity contribution < 1.29 is 0 Å². The van der Waals surface area contributed by atoms with Crippen LogP contribution in [0.2, 0.25) is 0 Å². The summed E-state index contributed by atoms with van der Waals surface area (Å²) >= 11 is 2.54. The van der Waals surface area contributed by atoms with Crippen LogP contribution in [0.4, 0.5) is 0 Å². The molecular weight excluding hydrogens is 349 g/mol. The van der Waals surface area contributed by atoms with Crippen LogP contribution in [-0.4, -0.2) is 76.5 Å². The van der Waals surface area contributed by atoms with Crippen molar-refractivity contribution in [2.75, 3.05) is 45.8 Å². The first-order valence-corrected chi connectivity index (χ1v) is 9.15. The van der Waals surface area contributed by atoms with Gasteiger partial charge in [-0.3, -0.25) is 9.80 Å². The predicted molar refractivity (Wildman–Crippen MR) is 91.2 cm³/mol. The van der Waals surface area contributed by atoms with E-state index >= 15 is 0 Å². The normalized spacial score (nSPS) is 27.0. The Hall–Kier alpha value is 0.610. The SMILES string of the molecule is CC(I)CN1CCN(C2CCN(C(C)C)CC2)CC1. The molecular formula is C15H30IN3. The zero-order valence-electron chi connectivity index (χ0n) is 12.8. The molecule has 2 aliphatic heterocycles. The fraction of sp³-hybridized carbons (Fsp3) is 1.00. The number of piperidine rings is 1.